The number of esters is 5. The lowest BCUT2D eigenvalue weighted by Gasteiger charge is -2.41. The van der Waals surface area contributed by atoms with E-state index in [1.165, 1.54) is 31.5 Å². The number of hydrogen-bond acceptors (Lipinski definition) is 11. The Hall–Kier alpha value is -5.56. The normalized spacial score (nSPS) is 21.6. The van der Waals surface area contributed by atoms with Crippen LogP contribution < -0.4 is 0 Å². The van der Waals surface area contributed by atoms with Crippen LogP contribution >= 0.6 is 0 Å². The van der Waals surface area contributed by atoms with Gasteiger partial charge < -0.3 is 28.3 Å². The molecule has 1 fully saturated rings. The summed E-state index contributed by atoms with van der Waals surface area (Å²) in [7, 11) is 0. The molecule has 0 unspecified atom stereocenters. The van der Waals surface area contributed by atoms with Crippen LogP contribution in [-0.2, 0) is 52.5 Å². The fourth-order valence-corrected chi connectivity index (χ4v) is 5.95. The summed E-state index contributed by atoms with van der Waals surface area (Å²) >= 11 is 0. The van der Waals surface area contributed by atoms with Crippen LogP contribution in [0.15, 0.2) is 60.9 Å². The van der Waals surface area contributed by atoms with Crippen molar-refractivity contribution in [3.63, 3.8) is 0 Å². The van der Waals surface area contributed by atoms with E-state index in [1.807, 2.05) is 0 Å². The van der Waals surface area contributed by atoms with E-state index in [2.05, 4.69) is 0 Å². The van der Waals surface area contributed by atoms with Crippen molar-refractivity contribution < 1.29 is 52.5 Å². The first-order valence-electron chi connectivity index (χ1n) is 13.9. The van der Waals surface area contributed by atoms with Crippen molar-refractivity contribution >= 4 is 69.2 Å². The van der Waals surface area contributed by atoms with E-state index >= 15 is 0 Å². The van der Waals surface area contributed by atoms with Crippen LogP contribution in [0.4, 0.5) is 0 Å². The molecule has 2 aliphatic heterocycles. The molecule has 2 aliphatic rings. The topological polar surface area (TPSA) is 158 Å². The molecule has 0 aliphatic carbocycles. The van der Waals surface area contributed by atoms with Crippen LogP contribution in [0.1, 0.15) is 38.1 Å². The summed E-state index contributed by atoms with van der Waals surface area (Å²) in [4.78, 5) is 74.6. The fraction of sp³-hybridized carbons (Fsp3) is 0.250. The second-order valence-electron chi connectivity index (χ2n) is 10.5. The molecule has 230 valence electrons. The molecule has 4 atom stereocenters. The SMILES string of the molecule is CC(=O)O[C@@H]1[C@@H](OC(C)=O)[C@H](n2cc(C3=C(c4cn(C=O)c5ccccc45)C(=O)OC3=O)c3ccccc32)OC[C@@H]1OC(C)=O. The molecular weight excluding hydrogens is 588 g/mol. The summed E-state index contributed by atoms with van der Waals surface area (Å²) in [6.07, 6.45) is -1.12. The molecule has 0 amide bonds. The molecule has 0 N–H and O–H groups in total. The molecule has 0 bridgehead atoms. The van der Waals surface area contributed by atoms with Gasteiger partial charge in [0.05, 0.1) is 28.8 Å². The Kier molecular flexibility index (Phi) is 7.54. The average Bonchev–Trinajstić information content (AvgIpc) is 3.64. The summed E-state index contributed by atoms with van der Waals surface area (Å²) in [5.41, 5.74) is 1.59. The molecule has 45 heavy (non-hydrogen) atoms. The van der Waals surface area contributed by atoms with Gasteiger partial charge in [-0.1, -0.05) is 36.4 Å². The van der Waals surface area contributed by atoms with Crippen molar-refractivity contribution in [3.8, 4) is 0 Å². The Morgan fingerprint density at radius 1 is 0.756 bits per heavy atom. The van der Waals surface area contributed by atoms with Crippen LogP contribution in [-0.4, -0.2) is 70.3 Å². The maximum Gasteiger partial charge on any atom is 0.347 e. The molecule has 13 heteroatoms. The van der Waals surface area contributed by atoms with Crippen LogP contribution in [0.2, 0.25) is 0 Å². The highest BCUT2D eigenvalue weighted by Gasteiger charge is 2.48. The van der Waals surface area contributed by atoms with Gasteiger partial charge in [0, 0.05) is 55.1 Å². The minimum absolute atomic E-state index is 0.0338. The van der Waals surface area contributed by atoms with Gasteiger partial charge in [-0.05, 0) is 12.1 Å². The van der Waals surface area contributed by atoms with Gasteiger partial charge in [-0.25, -0.2) is 9.59 Å². The van der Waals surface area contributed by atoms with Gasteiger partial charge in [-0.2, -0.15) is 0 Å². The molecule has 0 spiro atoms. The summed E-state index contributed by atoms with van der Waals surface area (Å²) in [5.74, 6) is -3.85. The van der Waals surface area contributed by atoms with Gasteiger partial charge in [-0.3, -0.25) is 23.7 Å². The predicted octanol–water partition coefficient (Wildman–Crippen LogP) is 2.95. The highest BCUT2D eigenvalue weighted by atomic mass is 16.6. The predicted molar refractivity (Wildman–Crippen MR) is 156 cm³/mol. The Bertz CT molecular complexity index is 1950. The maximum absolute atomic E-state index is 13.3. The van der Waals surface area contributed by atoms with E-state index in [0.29, 0.717) is 39.3 Å². The number of para-hydroxylation sites is 2. The van der Waals surface area contributed by atoms with E-state index in [9.17, 15) is 28.8 Å². The van der Waals surface area contributed by atoms with E-state index < -0.39 is 54.4 Å². The summed E-state index contributed by atoms with van der Waals surface area (Å²) in [6, 6.07) is 13.9. The third-order valence-electron chi connectivity index (χ3n) is 7.58. The first-order chi connectivity index (χ1) is 21.6. The number of hydrogen-bond donors (Lipinski definition) is 0. The number of fused-ring (bicyclic) bond motifs is 2. The maximum atomic E-state index is 13.3. The molecule has 4 aromatic rings. The van der Waals surface area contributed by atoms with E-state index in [0.717, 1.165) is 0 Å². The smallest absolute Gasteiger partial charge is 0.347 e. The zero-order valence-electron chi connectivity index (χ0n) is 24.3. The molecule has 4 heterocycles. The molecule has 1 saturated heterocycles. The largest absolute Gasteiger partial charge is 0.456 e. The zero-order valence-corrected chi connectivity index (χ0v) is 24.3. The van der Waals surface area contributed by atoms with Gasteiger partial charge in [0.1, 0.15) is 0 Å². The standard InChI is InChI=1S/C32H26N2O11/c1-16(36)42-25-14-41-30(29(44-18(3)38)28(25)43-17(2)37)34-13-22(20-9-5-7-11-24(20)34)27-26(31(39)45-32(27)40)21-12-33(15-35)23-10-6-4-8-19(21)23/h4-13,15,25,28-30H,14H2,1-3H3/t25-,28-,29+,30+/m0/s1. The molecule has 2 aromatic carbocycles. The van der Waals surface area contributed by atoms with Crippen molar-refractivity contribution in [1.82, 2.24) is 9.13 Å². The lowest BCUT2D eigenvalue weighted by Crippen LogP contribution is -2.55. The van der Waals surface area contributed by atoms with Crippen molar-refractivity contribution in [2.75, 3.05) is 6.61 Å². The van der Waals surface area contributed by atoms with Crippen molar-refractivity contribution in [2.45, 2.75) is 45.3 Å². The first-order valence-corrected chi connectivity index (χ1v) is 13.9. The Labute approximate surface area is 254 Å². The number of carbonyl (C=O) groups excluding carboxylic acids is 6. The van der Waals surface area contributed by atoms with Crippen LogP contribution in [0.25, 0.3) is 33.0 Å². The lowest BCUT2D eigenvalue weighted by molar-refractivity contribution is -0.239. The Morgan fingerprint density at radius 3 is 1.89 bits per heavy atom. The van der Waals surface area contributed by atoms with Crippen LogP contribution in [0.5, 0.6) is 0 Å². The second-order valence-corrected chi connectivity index (χ2v) is 10.5. The molecule has 13 nitrogen and oxygen atoms in total. The number of ether oxygens (including phenoxy) is 5. The Balaban J connectivity index is 1.55. The molecule has 6 rings (SSSR count). The quantitative estimate of drug-likeness (QED) is 0.130. The number of nitrogens with zero attached hydrogens (tertiary/aromatic N) is 2. The monoisotopic (exact) mass is 614 g/mol. The highest BCUT2D eigenvalue weighted by molar-refractivity contribution is 6.46. The lowest BCUT2D eigenvalue weighted by atomic mass is 9.95. The number of cyclic esters (lactones) is 2. The third kappa shape index (κ3) is 5.16. The Morgan fingerprint density at radius 2 is 1.29 bits per heavy atom. The number of benzene rings is 2. The molecule has 0 radical (unpaired) electrons. The summed E-state index contributed by atoms with van der Waals surface area (Å²) in [5, 5.41) is 1.07. The molecular formula is C32H26N2O11. The van der Waals surface area contributed by atoms with Crippen LogP contribution in [0, 0.1) is 0 Å². The van der Waals surface area contributed by atoms with Gasteiger partial charge >= 0.3 is 29.8 Å². The van der Waals surface area contributed by atoms with Crippen LogP contribution in [0.3, 0.4) is 0 Å². The second kappa shape index (κ2) is 11.5. The van der Waals surface area contributed by atoms with Crippen molar-refractivity contribution in [3.05, 3.63) is 72.1 Å². The van der Waals surface area contributed by atoms with Gasteiger partial charge in [0.2, 0.25) is 6.41 Å². The first kappa shape index (κ1) is 29.5. The zero-order chi connectivity index (χ0) is 32.0. The fourth-order valence-electron chi connectivity index (χ4n) is 5.95. The van der Waals surface area contributed by atoms with Crippen molar-refractivity contribution in [1.29, 1.82) is 0 Å². The van der Waals surface area contributed by atoms with E-state index in [1.54, 1.807) is 59.3 Å². The van der Waals surface area contributed by atoms with E-state index in [4.69, 9.17) is 23.7 Å². The molecule has 0 saturated carbocycles. The third-order valence-corrected chi connectivity index (χ3v) is 7.58. The molecule has 2 aromatic heterocycles. The summed E-state index contributed by atoms with van der Waals surface area (Å²) < 4.78 is 30.6. The minimum atomic E-state index is -1.29. The van der Waals surface area contributed by atoms with Gasteiger partial charge in [-0.15, -0.1) is 0 Å². The van der Waals surface area contributed by atoms with E-state index in [-0.39, 0.29) is 17.8 Å². The van der Waals surface area contributed by atoms with Crippen molar-refractivity contribution in [2.24, 2.45) is 0 Å². The highest BCUT2D eigenvalue weighted by Crippen LogP contribution is 2.42. The summed E-state index contributed by atoms with van der Waals surface area (Å²) in [6.45, 7) is 3.30. The minimum Gasteiger partial charge on any atom is -0.456 e. The van der Waals surface area contributed by atoms with Gasteiger partial charge in [0.25, 0.3) is 0 Å². The number of aromatic nitrogens is 2. The number of carbonyl (C=O) groups is 6. The number of rotatable bonds is 7. The van der Waals surface area contributed by atoms with Gasteiger partial charge in [0.15, 0.2) is 24.5 Å². The average molecular weight is 615 g/mol.